The molecule has 0 atom stereocenters. The van der Waals surface area contributed by atoms with Gasteiger partial charge in [0, 0.05) is 13.1 Å². The quantitative estimate of drug-likeness (QED) is 0.339. The third-order valence-corrected chi connectivity index (χ3v) is 3.86. The molecule has 0 aromatic rings. The second-order valence-electron chi connectivity index (χ2n) is 4.63. The number of carbonyl (C=O) groups excluding carboxylic acids is 1. The second kappa shape index (κ2) is 5.89. The van der Waals surface area contributed by atoms with E-state index in [9.17, 15) is 4.79 Å². The smallest absolute Gasteiger partial charge is 0.236 e. The van der Waals surface area contributed by atoms with Gasteiger partial charge in [0.1, 0.15) is 5.41 Å². The van der Waals surface area contributed by atoms with E-state index >= 15 is 0 Å². The molecule has 0 bridgehead atoms. The third-order valence-electron chi connectivity index (χ3n) is 3.86. The molecule has 17 heavy (non-hydrogen) atoms. The van der Waals surface area contributed by atoms with Gasteiger partial charge in [0.15, 0.2) is 5.84 Å². The maximum atomic E-state index is 12.5. The van der Waals surface area contributed by atoms with Crippen molar-refractivity contribution in [3.05, 3.63) is 0 Å². The van der Waals surface area contributed by atoms with E-state index in [0.29, 0.717) is 12.8 Å². The van der Waals surface area contributed by atoms with Gasteiger partial charge in [0.05, 0.1) is 0 Å². The van der Waals surface area contributed by atoms with E-state index < -0.39 is 5.41 Å². The first-order valence-electron chi connectivity index (χ1n) is 6.39. The number of nitrogens with zero attached hydrogens (tertiary/aromatic N) is 2. The van der Waals surface area contributed by atoms with Crippen molar-refractivity contribution in [3.8, 4) is 0 Å². The summed E-state index contributed by atoms with van der Waals surface area (Å²) in [4.78, 5) is 14.4. The number of likely N-dealkylation sites (tertiary alicyclic amines) is 1. The molecule has 5 heteroatoms. The first-order valence-corrected chi connectivity index (χ1v) is 6.39. The molecule has 98 valence electrons. The Kier molecular flexibility index (Phi) is 4.78. The van der Waals surface area contributed by atoms with Crippen LogP contribution in [0.1, 0.15) is 46.0 Å². The summed E-state index contributed by atoms with van der Waals surface area (Å²) in [5, 5.41) is 11.9. The number of nitrogens with two attached hydrogens (primary N) is 1. The van der Waals surface area contributed by atoms with Crippen molar-refractivity contribution < 1.29 is 10.0 Å². The van der Waals surface area contributed by atoms with Crippen LogP contribution in [0.15, 0.2) is 5.16 Å². The van der Waals surface area contributed by atoms with Crippen molar-refractivity contribution in [1.82, 2.24) is 4.90 Å². The average molecular weight is 241 g/mol. The number of oxime groups is 1. The Morgan fingerprint density at radius 3 is 2.24 bits per heavy atom. The number of amidine groups is 1. The summed E-state index contributed by atoms with van der Waals surface area (Å²) in [6.45, 7) is 5.39. The average Bonchev–Trinajstić information content (AvgIpc) is 2.41. The van der Waals surface area contributed by atoms with Crippen LogP contribution in [0.4, 0.5) is 0 Å². The van der Waals surface area contributed by atoms with Gasteiger partial charge in [0.25, 0.3) is 0 Å². The normalized spacial score (nSPS) is 18.2. The zero-order chi connectivity index (χ0) is 12.9. The molecule has 0 spiro atoms. The molecule has 3 N–H and O–H groups in total. The Morgan fingerprint density at radius 1 is 1.29 bits per heavy atom. The van der Waals surface area contributed by atoms with E-state index in [0.717, 1.165) is 25.9 Å². The van der Waals surface area contributed by atoms with Crippen LogP contribution in [-0.4, -0.2) is 34.9 Å². The third kappa shape index (κ3) is 2.53. The van der Waals surface area contributed by atoms with E-state index in [1.165, 1.54) is 6.42 Å². The molecule has 0 aliphatic carbocycles. The number of amides is 1. The summed E-state index contributed by atoms with van der Waals surface area (Å²) in [6.07, 6.45) is 4.40. The fourth-order valence-corrected chi connectivity index (χ4v) is 2.52. The van der Waals surface area contributed by atoms with Crippen LogP contribution in [0.2, 0.25) is 0 Å². The molecule has 0 radical (unpaired) electrons. The van der Waals surface area contributed by atoms with Gasteiger partial charge in [-0.25, -0.2) is 0 Å². The topological polar surface area (TPSA) is 78.9 Å². The molecule has 5 nitrogen and oxygen atoms in total. The van der Waals surface area contributed by atoms with Gasteiger partial charge in [-0.2, -0.15) is 0 Å². The standard InChI is InChI=1S/C12H23N3O2/c1-3-12(4-2,10(13)14-17)11(16)15-8-6-5-7-9-15/h17H,3-9H2,1-2H3,(H2,13,14). The predicted octanol–water partition coefficient (Wildman–Crippen LogP) is 1.55. The summed E-state index contributed by atoms with van der Waals surface area (Å²) in [5.74, 6) is 0.0515. The summed E-state index contributed by atoms with van der Waals surface area (Å²) < 4.78 is 0. The Balaban J connectivity index is 2.93. The lowest BCUT2D eigenvalue weighted by atomic mass is 9.79. The molecule has 1 saturated heterocycles. The predicted molar refractivity (Wildman–Crippen MR) is 66.9 cm³/mol. The van der Waals surface area contributed by atoms with Crippen molar-refractivity contribution in [2.24, 2.45) is 16.3 Å². The molecule has 1 rings (SSSR count). The van der Waals surface area contributed by atoms with Gasteiger partial charge in [-0.3, -0.25) is 4.79 Å². The van der Waals surface area contributed by atoms with Gasteiger partial charge < -0.3 is 15.8 Å². The van der Waals surface area contributed by atoms with E-state index in [1.54, 1.807) is 0 Å². The lowest BCUT2D eigenvalue weighted by molar-refractivity contribution is -0.139. The fraction of sp³-hybridized carbons (Fsp3) is 0.833. The summed E-state index contributed by atoms with van der Waals surface area (Å²) in [5.41, 5.74) is 4.91. The Morgan fingerprint density at radius 2 is 1.82 bits per heavy atom. The van der Waals surface area contributed by atoms with Crippen molar-refractivity contribution in [2.45, 2.75) is 46.0 Å². The minimum Gasteiger partial charge on any atom is -0.409 e. The largest absolute Gasteiger partial charge is 0.409 e. The van der Waals surface area contributed by atoms with Crippen molar-refractivity contribution in [2.75, 3.05) is 13.1 Å². The molecule has 1 aliphatic heterocycles. The Labute approximate surface area is 103 Å². The van der Waals surface area contributed by atoms with Gasteiger partial charge in [-0.15, -0.1) is 0 Å². The van der Waals surface area contributed by atoms with Crippen LogP contribution >= 0.6 is 0 Å². The Hall–Kier alpha value is -1.26. The van der Waals surface area contributed by atoms with E-state index in [2.05, 4.69) is 5.16 Å². The molecule has 0 aromatic carbocycles. The van der Waals surface area contributed by atoms with Crippen LogP contribution in [0.3, 0.4) is 0 Å². The van der Waals surface area contributed by atoms with E-state index in [-0.39, 0.29) is 11.7 Å². The molecule has 1 heterocycles. The monoisotopic (exact) mass is 241 g/mol. The maximum absolute atomic E-state index is 12.5. The molecule has 0 aromatic heterocycles. The highest BCUT2D eigenvalue weighted by Crippen LogP contribution is 2.30. The van der Waals surface area contributed by atoms with E-state index in [4.69, 9.17) is 10.9 Å². The number of hydrogen-bond donors (Lipinski definition) is 2. The highest BCUT2D eigenvalue weighted by molar-refractivity contribution is 6.06. The lowest BCUT2D eigenvalue weighted by Crippen LogP contribution is -2.52. The van der Waals surface area contributed by atoms with Crippen LogP contribution in [-0.2, 0) is 4.79 Å². The maximum Gasteiger partial charge on any atom is 0.236 e. The van der Waals surface area contributed by atoms with E-state index in [1.807, 2.05) is 18.7 Å². The molecule has 0 saturated carbocycles. The van der Waals surface area contributed by atoms with Crippen molar-refractivity contribution in [3.63, 3.8) is 0 Å². The van der Waals surface area contributed by atoms with Gasteiger partial charge >= 0.3 is 0 Å². The van der Waals surface area contributed by atoms with Gasteiger partial charge in [-0.1, -0.05) is 19.0 Å². The van der Waals surface area contributed by atoms with Gasteiger partial charge in [0.2, 0.25) is 5.91 Å². The van der Waals surface area contributed by atoms with Crippen molar-refractivity contribution >= 4 is 11.7 Å². The lowest BCUT2D eigenvalue weighted by Gasteiger charge is -2.36. The first-order chi connectivity index (χ1) is 8.12. The molecule has 1 fully saturated rings. The Bertz CT molecular complexity index is 292. The highest BCUT2D eigenvalue weighted by atomic mass is 16.4. The zero-order valence-corrected chi connectivity index (χ0v) is 10.8. The van der Waals surface area contributed by atoms with Crippen LogP contribution in [0.25, 0.3) is 0 Å². The summed E-state index contributed by atoms with van der Waals surface area (Å²) >= 11 is 0. The number of carbonyl (C=O) groups is 1. The molecule has 1 amide bonds. The summed E-state index contributed by atoms with van der Waals surface area (Å²) in [6, 6.07) is 0. The number of rotatable bonds is 4. The highest BCUT2D eigenvalue weighted by Gasteiger charge is 2.42. The van der Waals surface area contributed by atoms with Crippen LogP contribution in [0, 0.1) is 5.41 Å². The molecular formula is C12H23N3O2. The SMILES string of the molecule is CCC(CC)(C(=O)N1CCCCC1)C(N)=NO. The minimum atomic E-state index is -0.827. The van der Waals surface area contributed by atoms with Crippen molar-refractivity contribution in [1.29, 1.82) is 0 Å². The minimum absolute atomic E-state index is 0.0116. The molecule has 1 aliphatic rings. The van der Waals surface area contributed by atoms with Crippen LogP contribution < -0.4 is 5.73 Å². The van der Waals surface area contributed by atoms with Crippen LogP contribution in [0.5, 0.6) is 0 Å². The number of hydrogen-bond acceptors (Lipinski definition) is 3. The molecular weight excluding hydrogens is 218 g/mol. The zero-order valence-electron chi connectivity index (χ0n) is 10.8. The molecule has 0 unspecified atom stereocenters. The fourth-order valence-electron chi connectivity index (χ4n) is 2.52. The second-order valence-corrected chi connectivity index (χ2v) is 4.63. The summed E-state index contributed by atoms with van der Waals surface area (Å²) in [7, 11) is 0. The first kappa shape index (κ1) is 13.8. The number of piperidine rings is 1. The van der Waals surface area contributed by atoms with Gasteiger partial charge in [-0.05, 0) is 32.1 Å².